The maximum absolute atomic E-state index is 10.8. The van der Waals surface area contributed by atoms with Crippen LogP contribution in [0.3, 0.4) is 0 Å². The van der Waals surface area contributed by atoms with E-state index in [1.165, 1.54) is 0 Å². The van der Waals surface area contributed by atoms with Gasteiger partial charge < -0.3 is 5.11 Å². The van der Waals surface area contributed by atoms with Gasteiger partial charge >= 0.3 is 5.97 Å². The lowest BCUT2D eigenvalue weighted by Crippen LogP contribution is -2.00. The lowest BCUT2D eigenvalue weighted by atomic mass is 10.1. The van der Waals surface area contributed by atoms with Crippen LogP contribution < -0.4 is 0 Å². The summed E-state index contributed by atoms with van der Waals surface area (Å²) in [6.45, 7) is 4.02. The van der Waals surface area contributed by atoms with E-state index in [0.29, 0.717) is 0 Å². The maximum Gasteiger partial charge on any atom is 0.307 e. The van der Waals surface area contributed by atoms with E-state index in [0.717, 1.165) is 22.4 Å². The number of benzene rings is 1. The second-order valence-corrected chi connectivity index (χ2v) is 5.94. The molecule has 18 heavy (non-hydrogen) atoms. The molecule has 1 atom stereocenters. The first-order valence-electron chi connectivity index (χ1n) is 5.85. The molecule has 2 nitrogen and oxygen atoms in total. The third-order valence-corrected chi connectivity index (χ3v) is 4.14. The van der Waals surface area contributed by atoms with Gasteiger partial charge in [0.25, 0.3) is 0 Å². The summed E-state index contributed by atoms with van der Waals surface area (Å²) in [6, 6.07) is 5.89. The van der Waals surface area contributed by atoms with Gasteiger partial charge in [-0.1, -0.05) is 24.1 Å². The third kappa shape index (κ3) is 4.38. The minimum atomic E-state index is -0.807. The molecular weight excluding hydrogens is 244 g/mol. The summed E-state index contributed by atoms with van der Waals surface area (Å²) < 4.78 is 0. The summed E-state index contributed by atoms with van der Waals surface area (Å²) in [6.07, 6.45) is 2.97. The van der Waals surface area contributed by atoms with Crippen molar-refractivity contribution in [1.29, 1.82) is 0 Å². The van der Waals surface area contributed by atoms with Crippen LogP contribution in [0, 0.1) is 11.8 Å². The van der Waals surface area contributed by atoms with Crippen molar-refractivity contribution in [2.45, 2.75) is 31.6 Å². The predicted octanol–water partition coefficient (Wildman–Crippen LogP) is 3.15. The fraction of sp³-hybridized carbons (Fsp3) is 0.333. The van der Waals surface area contributed by atoms with Gasteiger partial charge in [0.05, 0.1) is 6.42 Å². The maximum atomic E-state index is 10.8. The SMILES string of the molecule is CC=S(C)c1cc(C#CCC)cc(CC(=O)O)c1. The average Bonchev–Trinajstić information content (AvgIpc) is 2.34. The average molecular weight is 262 g/mol. The predicted molar refractivity (Wildman–Crippen MR) is 78.5 cm³/mol. The van der Waals surface area contributed by atoms with Crippen LogP contribution in [0.2, 0.25) is 0 Å². The zero-order chi connectivity index (χ0) is 13.5. The highest BCUT2D eigenvalue weighted by Gasteiger charge is 2.04. The molecule has 1 N–H and O–H groups in total. The number of carboxylic acids is 1. The fourth-order valence-corrected chi connectivity index (χ4v) is 2.44. The van der Waals surface area contributed by atoms with Gasteiger partial charge in [0.2, 0.25) is 0 Å². The summed E-state index contributed by atoms with van der Waals surface area (Å²) in [4.78, 5) is 12.0. The van der Waals surface area contributed by atoms with Crippen molar-refractivity contribution in [2.24, 2.45) is 0 Å². The zero-order valence-electron chi connectivity index (χ0n) is 11.0. The van der Waals surface area contributed by atoms with E-state index in [9.17, 15) is 4.79 Å². The molecule has 0 bridgehead atoms. The highest BCUT2D eigenvalue weighted by Crippen LogP contribution is 2.25. The summed E-state index contributed by atoms with van der Waals surface area (Å²) in [5, 5.41) is 11.0. The molecule has 0 saturated carbocycles. The van der Waals surface area contributed by atoms with Gasteiger partial charge in [-0.25, -0.2) is 0 Å². The highest BCUT2D eigenvalue weighted by atomic mass is 32.2. The van der Waals surface area contributed by atoms with Crippen LogP contribution in [0.4, 0.5) is 0 Å². The number of carboxylic acid groups (broad SMARTS) is 1. The molecule has 0 spiro atoms. The van der Waals surface area contributed by atoms with E-state index in [-0.39, 0.29) is 16.9 Å². The molecule has 0 aromatic heterocycles. The summed E-state index contributed by atoms with van der Waals surface area (Å²) in [5.74, 6) is 5.29. The number of rotatable bonds is 3. The van der Waals surface area contributed by atoms with Gasteiger partial charge in [0.15, 0.2) is 0 Å². The van der Waals surface area contributed by atoms with Crippen LogP contribution in [0.1, 0.15) is 31.4 Å². The van der Waals surface area contributed by atoms with Gasteiger partial charge in [-0.05, 0) is 36.9 Å². The molecule has 0 radical (unpaired) electrons. The molecule has 0 fully saturated rings. The molecule has 0 saturated heterocycles. The van der Waals surface area contributed by atoms with E-state index >= 15 is 0 Å². The number of hydrogen-bond donors (Lipinski definition) is 1. The number of hydrogen-bond acceptors (Lipinski definition) is 1. The van der Waals surface area contributed by atoms with E-state index < -0.39 is 5.97 Å². The Bertz CT molecular complexity index is 533. The van der Waals surface area contributed by atoms with E-state index in [2.05, 4.69) is 29.5 Å². The van der Waals surface area contributed by atoms with Crippen molar-refractivity contribution in [3.63, 3.8) is 0 Å². The minimum Gasteiger partial charge on any atom is -0.481 e. The van der Waals surface area contributed by atoms with Gasteiger partial charge in [0, 0.05) is 16.9 Å². The van der Waals surface area contributed by atoms with Gasteiger partial charge in [-0.2, -0.15) is 10.5 Å². The number of aliphatic carboxylic acids is 1. The van der Waals surface area contributed by atoms with Gasteiger partial charge in [0.1, 0.15) is 0 Å². The van der Waals surface area contributed by atoms with Crippen molar-refractivity contribution in [1.82, 2.24) is 0 Å². The van der Waals surface area contributed by atoms with Gasteiger partial charge in [-0.3, -0.25) is 4.79 Å². The topological polar surface area (TPSA) is 37.3 Å². The lowest BCUT2D eigenvalue weighted by Gasteiger charge is -2.07. The Morgan fingerprint density at radius 1 is 1.44 bits per heavy atom. The van der Waals surface area contributed by atoms with Crippen LogP contribution in [0.15, 0.2) is 23.1 Å². The van der Waals surface area contributed by atoms with Crippen molar-refractivity contribution < 1.29 is 9.90 Å². The molecule has 0 amide bonds. The van der Waals surface area contributed by atoms with Crippen molar-refractivity contribution in [3.05, 3.63) is 29.3 Å². The second-order valence-electron chi connectivity index (χ2n) is 3.88. The minimum absolute atomic E-state index is 0.0330. The van der Waals surface area contributed by atoms with Crippen molar-refractivity contribution in [2.75, 3.05) is 6.26 Å². The lowest BCUT2D eigenvalue weighted by molar-refractivity contribution is -0.136. The molecule has 0 aliphatic heterocycles. The molecule has 1 aromatic rings. The van der Waals surface area contributed by atoms with Gasteiger partial charge in [-0.15, -0.1) is 0 Å². The Hall–Kier alpha value is -1.53. The van der Waals surface area contributed by atoms with Crippen LogP contribution in [0.5, 0.6) is 0 Å². The Morgan fingerprint density at radius 2 is 2.17 bits per heavy atom. The third-order valence-electron chi connectivity index (χ3n) is 2.46. The van der Waals surface area contributed by atoms with Crippen molar-refractivity contribution >= 4 is 21.8 Å². The van der Waals surface area contributed by atoms with Crippen LogP contribution >= 0.6 is 10.5 Å². The molecular formula is C15H18O2S. The summed E-state index contributed by atoms with van der Waals surface area (Å²) in [5.41, 5.74) is 1.73. The normalized spacial score (nSPS) is 11.7. The van der Waals surface area contributed by atoms with E-state index in [1.807, 2.05) is 26.0 Å². The van der Waals surface area contributed by atoms with Crippen molar-refractivity contribution in [3.8, 4) is 11.8 Å². The fourth-order valence-electron chi connectivity index (χ4n) is 1.52. The highest BCUT2D eigenvalue weighted by molar-refractivity contribution is 8.14. The van der Waals surface area contributed by atoms with Crippen LogP contribution in [-0.4, -0.2) is 22.7 Å². The Labute approximate surface area is 111 Å². The van der Waals surface area contributed by atoms with Crippen LogP contribution in [-0.2, 0) is 11.2 Å². The Kier molecular flexibility index (Phi) is 5.67. The number of carbonyl (C=O) groups is 1. The first-order valence-corrected chi connectivity index (χ1v) is 7.55. The molecule has 0 aliphatic carbocycles. The van der Waals surface area contributed by atoms with E-state index in [4.69, 9.17) is 5.11 Å². The van der Waals surface area contributed by atoms with E-state index in [1.54, 1.807) is 0 Å². The summed E-state index contributed by atoms with van der Waals surface area (Å²) in [7, 11) is 0.0330. The first kappa shape index (κ1) is 14.5. The molecule has 3 heteroatoms. The quantitative estimate of drug-likeness (QED) is 0.671. The second kappa shape index (κ2) is 7.03. The largest absolute Gasteiger partial charge is 0.481 e. The molecule has 1 rings (SSSR count). The smallest absolute Gasteiger partial charge is 0.307 e. The molecule has 0 aliphatic rings. The molecule has 0 heterocycles. The summed E-state index contributed by atoms with van der Waals surface area (Å²) >= 11 is 0. The van der Waals surface area contributed by atoms with Crippen LogP contribution in [0.25, 0.3) is 0 Å². The standard InChI is InChI=1S/C15H18O2S/c1-4-6-7-12-8-13(11-15(16)17)10-14(9-12)18(3)5-2/h5,8-10H,4,11H2,1-3H3,(H,16,17). The Balaban J connectivity index is 3.23. The monoisotopic (exact) mass is 262 g/mol. The Morgan fingerprint density at radius 3 is 2.72 bits per heavy atom. The first-order chi connectivity index (χ1) is 8.56. The molecule has 96 valence electrons. The zero-order valence-corrected chi connectivity index (χ0v) is 11.8. The molecule has 1 aromatic carbocycles. The molecule has 1 unspecified atom stereocenters.